The highest BCUT2D eigenvalue weighted by molar-refractivity contribution is 8.00. The molecule has 2 aromatic heterocycles. The Labute approximate surface area is 241 Å². The van der Waals surface area contributed by atoms with Gasteiger partial charge >= 0.3 is 5.97 Å². The Balaban J connectivity index is 1.51. The van der Waals surface area contributed by atoms with Crippen LogP contribution < -0.4 is 31.8 Å². The topological polar surface area (TPSA) is 242 Å². The maximum absolute atomic E-state index is 13.2. The van der Waals surface area contributed by atoms with Crippen molar-refractivity contribution in [2.75, 3.05) is 29.9 Å². The van der Waals surface area contributed by atoms with Crippen LogP contribution in [0.3, 0.4) is 0 Å². The number of carbonyl (C=O) groups is 4. The van der Waals surface area contributed by atoms with Crippen LogP contribution in [0.5, 0.6) is 0 Å². The molecule has 0 aliphatic carbocycles. The van der Waals surface area contributed by atoms with Crippen molar-refractivity contribution < 1.29 is 38.8 Å². The van der Waals surface area contributed by atoms with Gasteiger partial charge in [0.05, 0.1) is 11.7 Å². The molecule has 0 bridgehead atoms. The number of oxime groups is 1. The first-order chi connectivity index (χ1) is 19.4. The van der Waals surface area contributed by atoms with E-state index in [0.717, 1.165) is 22.1 Å². The van der Waals surface area contributed by atoms with Gasteiger partial charge in [0.15, 0.2) is 24.1 Å². The zero-order chi connectivity index (χ0) is 29.9. The molecule has 16 nitrogen and oxygen atoms in total. The number of nitrogen functional groups attached to an aromatic ring is 1. The minimum Gasteiger partial charge on any atom is -0.543 e. The number of pyridine rings is 1. The van der Waals surface area contributed by atoms with Crippen molar-refractivity contribution in [3.63, 3.8) is 0 Å². The highest BCUT2D eigenvalue weighted by atomic mass is 32.2. The molecule has 2 atom stereocenters. The third kappa shape index (κ3) is 6.39. The predicted octanol–water partition coefficient (Wildman–Crippen LogP) is -2.53. The molecule has 0 radical (unpaired) electrons. The van der Waals surface area contributed by atoms with Crippen LogP contribution in [-0.2, 0) is 30.6 Å². The Morgan fingerprint density at radius 2 is 2.05 bits per heavy atom. The Morgan fingerprint density at radius 3 is 2.63 bits per heavy atom. The number of nitrogens with one attached hydrogen (secondary N) is 2. The molecular weight excluding hydrogens is 578 g/mol. The van der Waals surface area contributed by atoms with Crippen LogP contribution >= 0.6 is 23.3 Å². The van der Waals surface area contributed by atoms with E-state index in [1.165, 1.54) is 25.6 Å². The van der Waals surface area contributed by atoms with Crippen molar-refractivity contribution in [1.29, 1.82) is 0 Å². The minimum absolute atomic E-state index is 0.0160. The summed E-state index contributed by atoms with van der Waals surface area (Å²) >= 11 is 2.04. The molecule has 4 heterocycles. The first-order valence-electron chi connectivity index (χ1n) is 12.1. The lowest BCUT2D eigenvalue weighted by Crippen LogP contribution is -2.71. The summed E-state index contributed by atoms with van der Waals surface area (Å²) in [6, 6.07) is 2.52. The number of carboxylic acid groups (broad SMARTS) is 2. The lowest BCUT2D eigenvalue weighted by atomic mass is 10.0. The molecule has 1 saturated heterocycles. The first-order valence-corrected chi connectivity index (χ1v) is 14.0. The number of carboxylic acids is 2. The van der Waals surface area contributed by atoms with Crippen molar-refractivity contribution in [3.8, 4) is 0 Å². The number of hydrogen-bond donors (Lipinski definition) is 5. The number of nitrogens with zero attached hydrogens (tertiary/aromatic N) is 5. The normalized spacial score (nSPS) is 18.9. The molecule has 2 unspecified atom stereocenters. The van der Waals surface area contributed by atoms with Crippen LogP contribution in [0.25, 0.3) is 0 Å². The van der Waals surface area contributed by atoms with Crippen LogP contribution in [0.2, 0.25) is 0 Å². The predicted molar refractivity (Wildman–Crippen MR) is 145 cm³/mol. The second-order valence-corrected chi connectivity index (χ2v) is 11.3. The quantitative estimate of drug-likeness (QED) is 0.0726. The molecule has 218 valence electrons. The molecule has 0 aromatic carbocycles. The molecular formula is C23H27N9O7S2. The molecule has 2 amide bonds. The molecule has 41 heavy (non-hydrogen) atoms. The first kappa shape index (κ1) is 29.7. The molecule has 1 fully saturated rings. The van der Waals surface area contributed by atoms with Crippen LogP contribution in [0.4, 0.5) is 10.8 Å². The average molecular weight is 606 g/mol. The molecule has 18 heteroatoms. The number of aliphatic carboxylic acids is 2. The van der Waals surface area contributed by atoms with E-state index in [-0.39, 0.29) is 29.0 Å². The van der Waals surface area contributed by atoms with Crippen molar-refractivity contribution in [3.05, 3.63) is 41.6 Å². The summed E-state index contributed by atoms with van der Waals surface area (Å²) < 4.78 is 5.69. The molecule has 0 saturated carbocycles. The number of rotatable bonds is 12. The lowest BCUT2D eigenvalue weighted by molar-refractivity contribution is -0.689. The van der Waals surface area contributed by atoms with E-state index in [0.29, 0.717) is 18.7 Å². The van der Waals surface area contributed by atoms with E-state index in [9.17, 15) is 29.4 Å². The molecule has 7 N–H and O–H groups in total. The molecule has 2 aliphatic rings. The number of thioether (sulfide) groups is 1. The van der Waals surface area contributed by atoms with Crippen molar-refractivity contribution in [2.24, 2.45) is 10.9 Å². The van der Waals surface area contributed by atoms with E-state index >= 15 is 0 Å². The Morgan fingerprint density at radius 1 is 1.34 bits per heavy atom. The maximum atomic E-state index is 13.2. The fourth-order valence-electron chi connectivity index (χ4n) is 3.83. The molecule has 2 aliphatic heterocycles. The summed E-state index contributed by atoms with van der Waals surface area (Å²) in [6.07, 6.45) is 3.54. The smallest absolute Gasteiger partial charge is 0.350 e. The number of aromatic nitrogens is 3. The van der Waals surface area contributed by atoms with Gasteiger partial charge in [0.25, 0.3) is 11.8 Å². The maximum Gasteiger partial charge on any atom is 0.350 e. The number of hydrogen-bond acceptors (Lipinski definition) is 14. The fraction of sp³-hybridized carbons (Fsp3) is 0.391. The second-order valence-electron chi connectivity index (χ2n) is 9.38. The van der Waals surface area contributed by atoms with E-state index in [4.69, 9.17) is 16.3 Å². The molecule has 2 aromatic rings. The summed E-state index contributed by atoms with van der Waals surface area (Å²) in [5, 5.41) is 30.0. The lowest BCUT2D eigenvalue weighted by Gasteiger charge is -2.50. The van der Waals surface area contributed by atoms with Crippen molar-refractivity contribution in [1.82, 2.24) is 19.6 Å². The fourth-order valence-corrected chi connectivity index (χ4v) is 5.60. The number of β-lactam (4-membered cyclic amide) rings is 1. The van der Waals surface area contributed by atoms with Crippen LogP contribution in [-0.4, -0.2) is 84.7 Å². The van der Waals surface area contributed by atoms with Gasteiger partial charge < -0.3 is 41.9 Å². The summed E-state index contributed by atoms with van der Waals surface area (Å²) in [5.74, 6) is -4.44. The largest absolute Gasteiger partial charge is 0.543 e. The van der Waals surface area contributed by atoms with Gasteiger partial charge in [0.2, 0.25) is 17.1 Å². The van der Waals surface area contributed by atoms with Gasteiger partial charge in [-0.25, -0.2) is 9.36 Å². The summed E-state index contributed by atoms with van der Waals surface area (Å²) in [7, 11) is 0. The summed E-state index contributed by atoms with van der Waals surface area (Å²) in [6.45, 7) is 3.72. The standard InChI is InChI=1S/C23H27N9O7S2/c1-23(2,21(37)38)39-29-13(16-28-22(25)41-30-16)17(33)27-14-18(34)32-15(20(35)36)11(10-40-19(14)32)9-31-7-3-12(4-8-31)26-6-5-24/h3-4,7-8,14,19H,5-6,9-10,24H2,1-2H3,(H5,25,27,28,30,33,35,36,37,38)/b29-13-. The van der Waals surface area contributed by atoms with Gasteiger partial charge in [-0.05, 0) is 13.8 Å². The molecule has 4 rings (SSSR count). The Bertz CT molecular complexity index is 1420. The third-order valence-corrected chi connectivity index (χ3v) is 7.90. The minimum atomic E-state index is -1.79. The third-order valence-electron chi connectivity index (χ3n) is 6.01. The number of nitrogens with two attached hydrogens (primary N) is 2. The average Bonchev–Trinajstić information content (AvgIpc) is 3.36. The van der Waals surface area contributed by atoms with Gasteiger partial charge in [0, 0.05) is 53.8 Å². The van der Waals surface area contributed by atoms with Gasteiger partial charge in [-0.3, -0.25) is 14.5 Å². The van der Waals surface area contributed by atoms with Gasteiger partial charge in [-0.2, -0.15) is 9.36 Å². The van der Waals surface area contributed by atoms with Crippen molar-refractivity contribution in [2.45, 2.75) is 37.4 Å². The van der Waals surface area contributed by atoms with Gasteiger partial charge in [0.1, 0.15) is 11.4 Å². The Kier molecular flexibility index (Phi) is 8.74. The summed E-state index contributed by atoms with van der Waals surface area (Å²) in [4.78, 5) is 59.8. The SMILES string of the molecule is CC(C)(O/N=C(\C(=O)NC1C(=O)N2C(C(=O)[O-])=C(C[n+]3ccc(NCCN)cc3)CSC12)c1nsc(N)n1)C(=O)O. The molecule has 0 spiro atoms. The summed E-state index contributed by atoms with van der Waals surface area (Å²) in [5.41, 5.74) is 9.88. The van der Waals surface area contributed by atoms with E-state index < -0.39 is 46.5 Å². The van der Waals surface area contributed by atoms with Gasteiger partial charge in [-0.1, -0.05) is 5.16 Å². The Hall–Kier alpha value is -4.29. The highest BCUT2D eigenvalue weighted by Gasteiger charge is 2.53. The second kappa shape index (κ2) is 12.1. The number of carbonyl (C=O) groups excluding carboxylic acids is 3. The number of anilines is 2. The van der Waals surface area contributed by atoms with Crippen LogP contribution in [0.1, 0.15) is 19.7 Å². The van der Waals surface area contributed by atoms with E-state index in [1.807, 2.05) is 12.1 Å². The monoisotopic (exact) mass is 605 g/mol. The van der Waals surface area contributed by atoms with E-state index in [1.54, 1.807) is 17.0 Å². The highest BCUT2D eigenvalue weighted by Crippen LogP contribution is 2.40. The van der Waals surface area contributed by atoms with Crippen LogP contribution in [0.15, 0.2) is 41.0 Å². The van der Waals surface area contributed by atoms with E-state index in [2.05, 4.69) is 25.1 Å². The van der Waals surface area contributed by atoms with Crippen LogP contribution in [0, 0.1) is 0 Å². The zero-order valence-corrected chi connectivity index (χ0v) is 23.5. The number of amides is 2. The zero-order valence-electron chi connectivity index (χ0n) is 21.9. The van der Waals surface area contributed by atoms with Gasteiger partial charge in [-0.15, -0.1) is 11.8 Å². The van der Waals surface area contributed by atoms with Crippen molar-refractivity contribution >= 4 is 63.6 Å². The number of fused-ring (bicyclic) bond motifs is 1.